The van der Waals surface area contributed by atoms with Crippen LogP contribution in [-0.4, -0.2) is 20.2 Å². The fourth-order valence-corrected chi connectivity index (χ4v) is 1.45. The highest BCUT2D eigenvalue weighted by Gasteiger charge is 2.14. The molecule has 0 fully saturated rings. The molecule has 7 heteroatoms. The van der Waals surface area contributed by atoms with Crippen LogP contribution in [0.4, 0.5) is 4.48 Å². The molecule has 1 heterocycles. The first-order chi connectivity index (χ1) is 7.02. The topological polar surface area (TPSA) is 75.3 Å². The molecule has 0 saturated heterocycles. The van der Waals surface area contributed by atoms with Gasteiger partial charge in [0.2, 0.25) is 0 Å². The predicted octanol–water partition coefficient (Wildman–Crippen LogP) is 1.19. The van der Waals surface area contributed by atoms with E-state index in [1.807, 2.05) is 0 Å². The zero-order valence-corrected chi connectivity index (χ0v) is 7.86. The highest BCUT2D eigenvalue weighted by molar-refractivity contribution is 6.37. The highest BCUT2D eigenvalue weighted by Crippen LogP contribution is 2.37. The van der Waals surface area contributed by atoms with E-state index in [0.717, 1.165) is 12.3 Å². The highest BCUT2D eigenvalue weighted by atomic mass is 35.5. The molecule has 2 N–H and O–H groups in total. The van der Waals surface area contributed by atoms with Gasteiger partial charge < -0.3 is 10.2 Å². The third kappa shape index (κ3) is 1.30. The Bertz CT molecular complexity index is 611. The average molecular weight is 231 g/mol. The van der Waals surface area contributed by atoms with Gasteiger partial charge in [0.15, 0.2) is 11.5 Å². The number of benzene rings is 1. The van der Waals surface area contributed by atoms with E-state index in [1.54, 1.807) is 0 Å². The van der Waals surface area contributed by atoms with Gasteiger partial charge in [-0.25, -0.2) is 0 Å². The lowest BCUT2D eigenvalue weighted by Crippen LogP contribution is -2.16. The minimum absolute atomic E-state index is 0.0749. The van der Waals surface area contributed by atoms with Gasteiger partial charge in [0.05, 0.1) is 16.6 Å². The van der Waals surface area contributed by atoms with Gasteiger partial charge in [0, 0.05) is 5.39 Å². The van der Waals surface area contributed by atoms with Crippen molar-refractivity contribution < 1.29 is 14.7 Å². The first kappa shape index (κ1) is 9.72. The molecule has 2 aromatic rings. The number of fused-ring (bicyclic) bond motifs is 1. The summed E-state index contributed by atoms with van der Waals surface area (Å²) in [6.07, 6.45) is 0.984. The van der Waals surface area contributed by atoms with E-state index in [2.05, 4.69) is 5.10 Å². The van der Waals surface area contributed by atoms with Crippen molar-refractivity contribution in [3.8, 4) is 11.5 Å². The van der Waals surface area contributed by atoms with Crippen molar-refractivity contribution >= 4 is 22.4 Å². The number of rotatable bonds is 0. The second kappa shape index (κ2) is 3.09. The van der Waals surface area contributed by atoms with E-state index >= 15 is 0 Å². The third-order valence-corrected chi connectivity index (χ3v) is 2.33. The minimum Gasteiger partial charge on any atom is -0.504 e. The summed E-state index contributed by atoms with van der Waals surface area (Å²) in [6.45, 7) is 0. The lowest BCUT2D eigenvalue weighted by Gasteiger charge is -2.04. The summed E-state index contributed by atoms with van der Waals surface area (Å²) in [7, 11) is 0. The van der Waals surface area contributed by atoms with Gasteiger partial charge >= 0.3 is 5.56 Å². The Kier molecular flexibility index (Phi) is 2.01. The molecule has 1 aromatic heterocycles. The number of phenolic OH excluding ortho intramolecular Hbond substituents is 2. The van der Waals surface area contributed by atoms with E-state index in [0.29, 0.717) is 0 Å². The van der Waals surface area contributed by atoms with Crippen LogP contribution in [0.15, 0.2) is 17.1 Å². The van der Waals surface area contributed by atoms with E-state index in [4.69, 9.17) is 11.6 Å². The molecule has 15 heavy (non-hydrogen) atoms. The van der Waals surface area contributed by atoms with Crippen molar-refractivity contribution in [1.29, 1.82) is 0 Å². The first-order valence-electron chi connectivity index (χ1n) is 3.81. The molecule has 0 unspecified atom stereocenters. The van der Waals surface area contributed by atoms with Crippen molar-refractivity contribution in [3.63, 3.8) is 0 Å². The van der Waals surface area contributed by atoms with Crippen molar-refractivity contribution in [2.24, 2.45) is 0 Å². The molecular formula is C8H4ClFN2O3. The van der Waals surface area contributed by atoms with Crippen molar-refractivity contribution in [3.05, 3.63) is 27.6 Å². The van der Waals surface area contributed by atoms with Gasteiger partial charge in [-0.15, -0.1) is 5.10 Å². The zero-order chi connectivity index (χ0) is 11.2. The number of aromatic hydroxyl groups is 2. The van der Waals surface area contributed by atoms with Crippen LogP contribution < -0.4 is 5.56 Å². The van der Waals surface area contributed by atoms with E-state index < -0.39 is 17.1 Å². The second-order valence-electron chi connectivity index (χ2n) is 2.83. The molecule has 0 bridgehead atoms. The average Bonchev–Trinajstić information content (AvgIpc) is 2.21. The number of hydrogen-bond donors (Lipinski definition) is 2. The van der Waals surface area contributed by atoms with Crippen LogP contribution >= 0.6 is 11.6 Å². The molecule has 0 atom stereocenters. The molecule has 0 saturated carbocycles. The van der Waals surface area contributed by atoms with Gasteiger partial charge in [0.25, 0.3) is 0 Å². The lowest BCUT2D eigenvalue weighted by atomic mass is 10.2. The monoisotopic (exact) mass is 230 g/mol. The molecule has 1 aromatic carbocycles. The molecule has 2 rings (SSSR count). The molecule has 0 amide bonds. The van der Waals surface area contributed by atoms with E-state index in [-0.39, 0.29) is 20.7 Å². The Hall–Kier alpha value is -1.82. The Morgan fingerprint density at radius 2 is 2.07 bits per heavy atom. The van der Waals surface area contributed by atoms with Crippen LogP contribution in [0.5, 0.6) is 11.5 Å². The van der Waals surface area contributed by atoms with Gasteiger partial charge in [-0.1, -0.05) is 21.0 Å². The standard InChI is InChI=1S/C8H4ClFN2O3/c9-6-4-2-11-12(10)8(15)3(4)1-5(13)7(6)14/h1-2,13-14H. The smallest absolute Gasteiger partial charge is 0.305 e. The lowest BCUT2D eigenvalue weighted by molar-refractivity contribution is 0.298. The molecule has 0 aliphatic carbocycles. The fraction of sp³-hybridized carbons (Fsp3) is 0. The normalized spacial score (nSPS) is 10.8. The first-order valence-corrected chi connectivity index (χ1v) is 4.19. The summed E-state index contributed by atoms with van der Waals surface area (Å²) in [5.41, 5.74) is -1.05. The Labute approximate surface area is 86.9 Å². The second-order valence-corrected chi connectivity index (χ2v) is 3.21. The van der Waals surface area contributed by atoms with Crippen molar-refractivity contribution in [2.45, 2.75) is 0 Å². The fourth-order valence-electron chi connectivity index (χ4n) is 1.20. The summed E-state index contributed by atoms with van der Waals surface area (Å²) in [5.74, 6) is -1.15. The molecule has 0 aliphatic rings. The Morgan fingerprint density at radius 1 is 1.40 bits per heavy atom. The molecule has 0 aliphatic heterocycles. The number of nitrogens with zero attached hydrogens (tertiary/aromatic N) is 2. The number of aromatic nitrogens is 2. The van der Waals surface area contributed by atoms with Crippen LogP contribution in [0.2, 0.25) is 5.02 Å². The van der Waals surface area contributed by atoms with Gasteiger partial charge in [-0.3, -0.25) is 4.79 Å². The van der Waals surface area contributed by atoms with E-state index in [9.17, 15) is 19.5 Å². The molecule has 5 nitrogen and oxygen atoms in total. The van der Waals surface area contributed by atoms with Crippen LogP contribution in [0.1, 0.15) is 0 Å². The van der Waals surface area contributed by atoms with Crippen molar-refractivity contribution in [1.82, 2.24) is 10.0 Å². The third-order valence-electron chi connectivity index (χ3n) is 1.94. The molecule has 0 radical (unpaired) electrons. The summed E-state index contributed by atoms with van der Waals surface area (Å²) >= 11 is 5.64. The van der Waals surface area contributed by atoms with E-state index in [1.165, 1.54) is 0 Å². The molecule has 0 spiro atoms. The van der Waals surface area contributed by atoms with Gasteiger partial charge in [0.1, 0.15) is 0 Å². The zero-order valence-electron chi connectivity index (χ0n) is 7.11. The Balaban J connectivity index is 3.05. The number of halogens is 2. The molecular weight excluding hydrogens is 227 g/mol. The number of hydrogen-bond acceptors (Lipinski definition) is 4. The number of phenols is 2. The summed E-state index contributed by atoms with van der Waals surface area (Å²) in [6, 6.07) is 0.927. The van der Waals surface area contributed by atoms with Gasteiger partial charge in [-0.2, -0.15) is 0 Å². The summed E-state index contributed by atoms with van der Waals surface area (Å²) in [4.78, 5) is 10.8. The summed E-state index contributed by atoms with van der Waals surface area (Å²) < 4.78 is 12.7. The SMILES string of the molecule is O=c1c2cc(O)c(O)c(Cl)c2cnn1F. The Morgan fingerprint density at radius 3 is 2.73 bits per heavy atom. The maximum Gasteiger partial charge on any atom is 0.305 e. The quantitative estimate of drug-likeness (QED) is 0.667. The van der Waals surface area contributed by atoms with Crippen LogP contribution in [0, 0.1) is 0 Å². The van der Waals surface area contributed by atoms with Crippen LogP contribution in [0.25, 0.3) is 10.8 Å². The van der Waals surface area contributed by atoms with Crippen LogP contribution in [-0.2, 0) is 0 Å². The summed E-state index contributed by atoms with van der Waals surface area (Å²) in [5, 5.41) is 21.2. The minimum atomic E-state index is -1.05. The van der Waals surface area contributed by atoms with Crippen LogP contribution in [0.3, 0.4) is 0 Å². The largest absolute Gasteiger partial charge is 0.504 e. The molecule has 78 valence electrons. The van der Waals surface area contributed by atoms with Crippen molar-refractivity contribution in [2.75, 3.05) is 0 Å². The van der Waals surface area contributed by atoms with Gasteiger partial charge in [-0.05, 0) is 6.07 Å². The predicted molar refractivity (Wildman–Crippen MR) is 50.8 cm³/mol. The maximum absolute atomic E-state index is 12.7. The maximum atomic E-state index is 12.7.